The second-order valence-corrected chi connectivity index (χ2v) is 8.46. The Kier molecular flexibility index (Phi) is 8.79. The molecular formula is C23H28F6N4S. The van der Waals surface area contributed by atoms with E-state index in [2.05, 4.69) is 21.9 Å². The SMILES string of the molecule is C=C(Nc1cc[nH]c(=S)c1)c1c(N2CC(C)CC(C(F)(F)F)C2)ncc(C(F)(F)F)c1C.CC. The predicted octanol–water partition coefficient (Wildman–Crippen LogP) is 7.60. The Hall–Kier alpha value is -2.56. The van der Waals surface area contributed by atoms with Gasteiger partial charge in [-0.1, -0.05) is 39.6 Å². The summed E-state index contributed by atoms with van der Waals surface area (Å²) in [6, 6.07) is 3.17. The quantitative estimate of drug-likeness (QED) is 0.331. The summed E-state index contributed by atoms with van der Waals surface area (Å²) in [5, 5.41) is 2.91. The van der Waals surface area contributed by atoms with E-state index >= 15 is 0 Å². The minimum Gasteiger partial charge on any atom is -0.355 e. The molecule has 1 aliphatic heterocycles. The van der Waals surface area contributed by atoms with E-state index in [9.17, 15) is 26.3 Å². The monoisotopic (exact) mass is 506 g/mol. The molecule has 4 nitrogen and oxygen atoms in total. The molecule has 2 atom stereocenters. The molecule has 1 saturated heterocycles. The van der Waals surface area contributed by atoms with Gasteiger partial charge in [0, 0.05) is 42.4 Å². The first-order chi connectivity index (χ1) is 15.8. The van der Waals surface area contributed by atoms with Gasteiger partial charge in [-0.25, -0.2) is 4.98 Å². The van der Waals surface area contributed by atoms with Gasteiger partial charge in [-0.15, -0.1) is 0 Å². The van der Waals surface area contributed by atoms with Crippen LogP contribution < -0.4 is 10.2 Å². The molecule has 0 radical (unpaired) electrons. The van der Waals surface area contributed by atoms with Crippen molar-refractivity contribution in [2.75, 3.05) is 23.3 Å². The van der Waals surface area contributed by atoms with Crippen molar-refractivity contribution in [1.29, 1.82) is 0 Å². The van der Waals surface area contributed by atoms with Crippen molar-refractivity contribution >= 4 is 29.4 Å². The summed E-state index contributed by atoms with van der Waals surface area (Å²) in [6.45, 7) is 10.7. The maximum Gasteiger partial charge on any atom is 0.418 e. The maximum atomic E-state index is 13.6. The molecule has 0 aromatic carbocycles. The van der Waals surface area contributed by atoms with Crippen LogP contribution >= 0.6 is 12.2 Å². The number of nitrogens with zero attached hydrogens (tertiary/aromatic N) is 2. The lowest BCUT2D eigenvalue weighted by Gasteiger charge is -2.39. The van der Waals surface area contributed by atoms with Crippen LogP contribution in [0.5, 0.6) is 0 Å². The molecule has 1 aliphatic rings. The maximum absolute atomic E-state index is 13.6. The summed E-state index contributed by atoms with van der Waals surface area (Å²) in [7, 11) is 0. The molecule has 2 aromatic heterocycles. The highest BCUT2D eigenvalue weighted by Crippen LogP contribution is 2.41. The van der Waals surface area contributed by atoms with Crippen LogP contribution in [0.25, 0.3) is 5.70 Å². The van der Waals surface area contributed by atoms with Gasteiger partial charge < -0.3 is 15.2 Å². The van der Waals surface area contributed by atoms with E-state index in [1.165, 1.54) is 11.8 Å². The van der Waals surface area contributed by atoms with E-state index in [0.29, 0.717) is 16.5 Å². The van der Waals surface area contributed by atoms with E-state index in [4.69, 9.17) is 12.2 Å². The van der Waals surface area contributed by atoms with Crippen LogP contribution in [0.3, 0.4) is 0 Å². The fraction of sp³-hybridized carbons (Fsp3) is 0.478. The van der Waals surface area contributed by atoms with Crippen LogP contribution in [-0.2, 0) is 6.18 Å². The zero-order valence-corrected chi connectivity index (χ0v) is 20.2. The Morgan fingerprint density at radius 2 is 1.85 bits per heavy atom. The van der Waals surface area contributed by atoms with Gasteiger partial charge in [-0.2, -0.15) is 26.3 Å². The van der Waals surface area contributed by atoms with Gasteiger partial charge in [0.2, 0.25) is 0 Å². The van der Waals surface area contributed by atoms with E-state index in [1.54, 1.807) is 25.3 Å². The minimum absolute atomic E-state index is 0.0219. The molecule has 3 rings (SSSR count). The van der Waals surface area contributed by atoms with Gasteiger partial charge in [0.15, 0.2) is 0 Å². The molecule has 0 aliphatic carbocycles. The number of halogens is 6. The molecule has 2 unspecified atom stereocenters. The summed E-state index contributed by atoms with van der Waals surface area (Å²) in [5.74, 6) is -1.88. The number of anilines is 2. The van der Waals surface area contributed by atoms with E-state index in [1.807, 2.05) is 13.8 Å². The van der Waals surface area contributed by atoms with Crippen molar-refractivity contribution < 1.29 is 26.3 Å². The highest BCUT2D eigenvalue weighted by Gasteiger charge is 2.44. The summed E-state index contributed by atoms with van der Waals surface area (Å²) in [6.07, 6.45) is -6.91. The Morgan fingerprint density at radius 3 is 2.41 bits per heavy atom. The summed E-state index contributed by atoms with van der Waals surface area (Å²) >= 11 is 5.05. The van der Waals surface area contributed by atoms with Crippen LogP contribution in [-0.4, -0.2) is 29.2 Å². The molecule has 188 valence electrons. The van der Waals surface area contributed by atoms with Gasteiger partial charge in [-0.05, 0) is 37.0 Å². The van der Waals surface area contributed by atoms with Gasteiger partial charge in [0.25, 0.3) is 0 Å². The molecule has 0 saturated carbocycles. The fourth-order valence-corrected chi connectivity index (χ4v) is 4.19. The van der Waals surface area contributed by atoms with Crippen molar-refractivity contribution in [2.45, 2.75) is 46.5 Å². The average molecular weight is 507 g/mol. The molecule has 2 N–H and O–H groups in total. The van der Waals surface area contributed by atoms with Gasteiger partial charge in [0.05, 0.1) is 11.5 Å². The third-order valence-corrected chi connectivity index (χ3v) is 5.65. The number of piperidine rings is 1. The number of hydrogen-bond acceptors (Lipinski definition) is 4. The van der Waals surface area contributed by atoms with Crippen molar-refractivity contribution in [1.82, 2.24) is 9.97 Å². The van der Waals surface area contributed by atoms with Crippen molar-refractivity contribution in [3.63, 3.8) is 0 Å². The lowest BCUT2D eigenvalue weighted by Crippen LogP contribution is -2.46. The van der Waals surface area contributed by atoms with Crippen molar-refractivity contribution in [2.24, 2.45) is 11.8 Å². The molecule has 11 heteroatoms. The second-order valence-electron chi connectivity index (χ2n) is 8.02. The lowest BCUT2D eigenvalue weighted by molar-refractivity contribution is -0.179. The number of aromatic nitrogens is 2. The zero-order chi connectivity index (χ0) is 25.8. The molecule has 0 bridgehead atoms. The third-order valence-electron chi connectivity index (χ3n) is 5.42. The topological polar surface area (TPSA) is 44.0 Å². The molecular weight excluding hydrogens is 478 g/mol. The number of aromatic amines is 1. The summed E-state index contributed by atoms with van der Waals surface area (Å²) in [4.78, 5) is 8.15. The Morgan fingerprint density at radius 1 is 1.21 bits per heavy atom. The van der Waals surface area contributed by atoms with E-state index in [0.717, 1.165) is 0 Å². The Labute approximate surface area is 200 Å². The molecule has 34 heavy (non-hydrogen) atoms. The molecule has 0 spiro atoms. The first-order valence-electron chi connectivity index (χ1n) is 10.8. The number of rotatable bonds is 4. The average Bonchev–Trinajstić information content (AvgIpc) is 2.72. The van der Waals surface area contributed by atoms with Crippen molar-refractivity contribution in [3.05, 3.63) is 52.4 Å². The van der Waals surface area contributed by atoms with Crippen LogP contribution in [0.4, 0.5) is 37.8 Å². The first-order valence-corrected chi connectivity index (χ1v) is 11.2. The second kappa shape index (κ2) is 10.8. The van der Waals surface area contributed by atoms with Crippen LogP contribution in [0.1, 0.15) is 43.9 Å². The lowest BCUT2D eigenvalue weighted by atomic mass is 9.89. The number of pyridine rings is 2. The highest BCUT2D eigenvalue weighted by atomic mass is 32.1. The van der Waals surface area contributed by atoms with Crippen molar-refractivity contribution in [3.8, 4) is 0 Å². The molecule has 2 aromatic rings. The number of hydrogen-bond donors (Lipinski definition) is 2. The van der Waals surface area contributed by atoms with Crippen LogP contribution in [0, 0.1) is 23.4 Å². The largest absolute Gasteiger partial charge is 0.418 e. The molecule has 0 amide bonds. The van der Waals surface area contributed by atoms with Crippen LogP contribution in [0.15, 0.2) is 31.1 Å². The van der Waals surface area contributed by atoms with Gasteiger partial charge >= 0.3 is 12.4 Å². The number of nitrogens with one attached hydrogen (secondary N) is 2. The van der Waals surface area contributed by atoms with E-state index in [-0.39, 0.29) is 48.1 Å². The Bertz CT molecular complexity index is 1060. The number of alkyl halides is 6. The normalized spacial score (nSPS) is 18.7. The molecule has 1 fully saturated rings. The standard InChI is InChI=1S/C21H22F6N4S.C2H6/c1-11-6-14(20(22,23)24)10-31(9-11)19-18(12(2)16(8-29-19)21(25,26)27)13(3)30-15-4-5-28-17(32)7-15;1-2/h4-5,7-8,11,14H,3,6,9-10H2,1-2H3,(H2,28,30,32);1-2H3. The van der Waals surface area contributed by atoms with Crippen LogP contribution in [0.2, 0.25) is 0 Å². The highest BCUT2D eigenvalue weighted by molar-refractivity contribution is 7.71. The Balaban J connectivity index is 0.00000199. The first kappa shape index (κ1) is 27.7. The third kappa shape index (κ3) is 6.52. The minimum atomic E-state index is -4.68. The smallest absolute Gasteiger partial charge is 0.355 e. The number of H-pyrrole nitrogens is 1. The van der Waals surface area contributed by atoms with Gasteiger partial charge in [-0.3, -0.25) is 0 Å². The summed E-state index contributed by atoms with van der Waals surface area (Å²) < 4.78 is 81.4. The van der Waals surface area contributed by atoms with E-state index < -0.39 is 23.8 Å². The molecule has 3 heterocycles. The summed E-state index contributed by atoms with van der Waals surface area (Å²) in [5.41, 5.74) is -0.557. The zero-order valence-electron chi connectivity index (χ0n) is 19.4. The predicted molar refractivity (Wildman–Crippen MR) is 125 cm³/mol. The fourth-order valence-electron chi connectivity index (χ4n) is 4.00. The van der Waals surface area contributed by atoms with Gasteiger partial charge in [0.1, 0.15) is 10.5 Å².